The largest absolute Gasteiger partial charge is 0.507 e. The average Bonchev–Trinajstić information content (AvgIpc) is 2.58. The van der Waals surface area contributed by atoms with Crippen molar-refractivity contribution in [2.24, 2.45) is 0 Å². The third-order valence-electron chi connectivity index (χ3n) is 3.77. The number of hydrogen-bond donors (Lipinski definition) is 4. The van der Waals surface area contributed by atoms with Crippen LogP contribution in [0.25, 0.3) is 11.1 Å². The summed E-state index contributed by atoms with van der Waals surface area (Å²) >= 11 is 0. The normalized spacial score (nSPS) is 10.4. The monoisotopic (exact) mass is 362 g/mol. The van der Waals surface area contributed by atoms with Crippen molar-refractivity contribution in [1.29, 1.82) is 0 Å². The van der Waals surface area contributed by atoms with E-state index in [0.717, 1.165) is 0 Å². The van der Waals surface area contributed by atoms with Crippen LogP contribution in [0.5, 0.6) is 23.0 Å². The molecule has 4 N–H and O–H groups in total. The van der Waals surface area contributed by atoms with Crippen LogP contribution in [-0.2, 0) is 22.4 Å². The summed E-state index contributed by atoms with van der Waals surface area (Å²) in [7, 11) is 2.75. The third kappa shape index (κ3) is 3.97. The van der Waals surface area contributed by atoms with Gasteiger partial charge in [-0.2, -0.15) is 0 Å². The summed E-state index contributed by atoms with van der Waals surface area (Å²) in [4.78, 5) is 22.0. The van der Waals surface area contributed by atoms with Gasteiger partial charge in [-0.25, -0.2) is 0 Å². The third-order valence-corrected chi connectivity index (χ3v) is 3.77. The number of methoxy groups -OCH3 is 2. The van der Waals surface area contributed by atoms with Gasteiger partial charge in [-0.05, 0) is 24.3 Å². The van der Waals surface area contributed by atoms with E-state index in [1.165, 1.54) is 38.5 Å². The topological polar surface area (TPSA) is 134 Å². The van der Waals surface area contributed by atoms with E-state index in [4.69, 9.17) is 19.7 Å². The fraction of sp³-hybridized carbons (Fsp3) is 0.222. The number of carboxylic acids is 2. The average molecular weight is 362 g/mol. The number of rotatable bonds is 7. The summed E-state index contributed by atoms with van der Waals surface area (Å²) < 4.78 is 10.3. The maximum atomic E-state index is 11.0. The smallest absolute Gasteiger partial charge is 0.307 e. The van der Waals surface area contributed by atoms with Crippen LogP contribution in [0, 0.1) is 0 Å². The molecule has 0 aromatic heterocycles. The van der Waals surface area contributed by atoms with E-state index in [0.29, 0.717) is 0 Å². The van der Waals surface area contributed by atoms with Crippen molar-refractivity contribution in [3.63, 3.8) is 0 Å². The Morgan fingerprint density at radius 2 is 1.12 bits per heavy atom. The molecule has 0 spiro atoms. The number of hydrogen-bond acceptors (Lipinski definition) is 6. The van der Waals surface area contributed by atoms with Gasteiger partial charge >= 0.3 is 11.9 Å². The highest BCUT2D eigenvalue weighted by Gasteiger charge is 2.20. The van der Waals surface area contributed by atoms with Crippen LogP contribution < -0.4 is 9.47 Å². The molecule has 0 fully saturated rings. The van der Waals surface area contributed by atoms with Crippen LogP contribution in [0.15, 0.2) is 24.3 Å². The van der Waals surface area contributed by atoms with Crippen LogP contribution in [0.3, 0.4) is 0 Å². The van der Waals surface area contributed by atoms with Gasteiger partial charge in [-0.1, -0.05) is 0 Å². The Bertz CT molecular complexity index is 785. The molecule has 138 valence electrons. The predicted molar refractivity (Wildman–Crippen MR) is 91.0 cm³/mol. The molecule has 0 aliphatic carbocycles. The lowest BCUT2D eigenvalue weighted by molar-refractivity contribution is -0.137. The molecule has 0 saturated carbocycles. The first-order chi connectivity index (χ1) is 12.3. The van der Waals surface area contributed by atoms with Crippen LogP contribution >= 0.6 is 0 Å². The van der Waals surface area contributed by atoms with E-state index in [-0.39, 0.29) is 45.3 Å². The standard InChI is InChI=1S/C18H18O8/c1-25-11-3-9(5-15(19)20)17(23)13(7-11)14-8-12(26-2)4-10(18(14)24)6-16(21)22/h3-4,7-8,23-24H,5-6H2,1-2H3,(H,19,20)(H,21,22). The summed E-state index contributed by atoms with van der Waals surface area (Å²) in [6.45, 7) is 0. The van der Waals surface area contributed by atoms with E-state index in [1.807, 2.05) is 0 Å². The maximum Gasteiger partial charge on any atom is 0.307 e. The van der Waals surface area contributed by atoms with Crippen molar-refractivity contribution in [1.82, 2.24) is 0 Å². The SMILES string of the molecule is COc1cc(CC(=O)O)c(O)c(-c2cc(OC)cc(CC(=O)O)c2O)c1. The van der Waals surface area contributed by atoms with Crippen molar-refractivity contribution in [2.75, 3.05) is 14.2 Å². The molecule has 2 rings (SSSR count). The number of carboxylic acid groups (broad SMARTS) is 2. The van der Waals surface area contributed by atoms with Gasteiger partial charge in [0.25, 0.3) is 0 Å². The first-order valence-corrected chi connectivity index (χ1v) is 7.50. The Kier molecular flexibility index (Phi) is 5.56. The van der Waals surface area contributed by atoms with Crippen LogP contribution in [0.4, 0.5) is 0 Å². The Morgan fingerprint density at radius 3 is 1.38 bits per heavy atom. The first kappa shape index (κ1) is 18.9. The van der Waals surface area contributed by atoms with Crippen molar-refractivity contribution >= 4 is 11.9 Å². The van der Waals surface area contributed by atoms with Gasteiger partial charge in [0.1, 0.15) is 23.0 Å². The van der Waals surface area contributed by atoms with Gasteiger partial charge in [0, 0.05) is 22.3 Å². The van der Waals surface area contributed by atoms with Crippen molar-refractivity contribution in [3.8, 4) is 34.1 Å². The van der Waals surface area contributed by atoms with Crippen LogP contribution in [0.2, 0.25) is 0 Å². The molecule has 0 aliphatic rings. The van der Waals surface area contributed by atoms with Gasteiger partial charge in [0.2, 0.25) is 0 Å². The molecule has 26 heavy (non-hydrogen) atoms. The number of aliphatic carboxylic acids is 2. The van der Waals surface area contributed by atoms with Crippen molar-refractivity contribution < 1.29 is 39.5 Å². The molecule has 8 nitrogen and oxygen atoms in total. The second-order valence-corrected chi connectivity index (χ2v) is 5.51. The second-order valence-electron chi connectivity index (χ2n) is 5.51. The molecule has 0 saturated heterocycles. The van der Waals surface area contributed by atoms with Crippen molar-refractivity contribution in [2.45, 2.75) is 12.8 Å². The summed E-state index contributed by atoms with van der Waals surface area (Å²) in [6, 6.07) is 5.59. The number of phenolic OH excluding ortho intramolecular Hbond substituents is 2. The summed E-state index contributed by atoms with van der Waals surface area (Å²) in [6.07, 6.45) is -0.911. The number of benzene rings is 2. The van der Waals surface area contributed by atoms with Gasteiger partial charge < -0.3 is 29.9 Å². The van der Waals surface area contributed by atoms with E-state index in [9.17, 15) is 19.8 Å². The van der Waals surface area contributed by atoms with E-state index in [1.54, 1.807) is 0 Å². The highest BCUT2D eigenvalue weighted by Crippen LogP contribution is 2.43. The Labute approximate surface area is 148 Å². The minimum atomic E-state index is -1.15. The molecule has 2 aromatic rings. The molecule has 0 heterocycles. The van der Waals surface area contributed by atoms with Gasteiger partial charge in [0.05, 0.1) is 27.1 Å². The molecule has 0 atom stereocenters. The van der Waals surface area contributed by atoms with Gasteiger partial charge in [-0.15, -0.1) is 0 Å². The minimum Gasteiger partial charge on any atom is -0.507 e. The van der Waals surface area contributed by atoms with Gasteiger partial charge in [-0.3, -0.25) is 9.59 Å². The van der Waals surface area contributed by atoms with E-state index in [2.05, 4.69) is 0 Å². The Morgan fingerprint density at radius 1 is 0.769 bits per heavy atom. The number of phenols is 2. The van der Waals surface area contributed by atoms with Crippen molar-refractivity contribution in [3.05, 3.63) is 35.4 Å². The lowest BCUT2D eigenvalue weighted by Crippen LogP contribution is -2.03. The second kappa shape index (κ2) is 7.64. The Hall–Kier alpha value is -3.42. The molecule has 0 aliphatic heterocycles. The molecule has 0 bridgehead atoms. The van der Waals surface area contributed by atoms with Crippen LogP contribution in [-0.4, -0.2) is 46.6 Å². The highest BCUT2D eigenvalue weighted by molar-refractivity contribution is 5.83. The van der Waals surface area contributed by atoms with Crippen LogP contribution in [0.1, 0.15) is 11.1 Å². The molecule has 0 unspecified atom stereocenters. The quantitative estimate of drug-likeness (QED) is 0.588. The predicted octanol–water partition coefficient (Wildman–Crippen LogP) is 2.04. The molecule has 0 amide bonds. The molecular weight excluding hydrogens is 344 g/mol. The molecule has 0 radical (unpaired) electrons. The van der Waals surface area contributed by atoms with E-state index < -0.39 is 24.8 Å². The Balaban J connectivity index is 2.73. The number of ether oxygens (including phenoxy) is 2. The summed E-state index contributed by atoms with van der Waals surface area (Å²) in [5.74, 6) is -2.45. The fourth-order valence-electron chi connectivity index (χ4n) is 2.57. The fourth-order valence-corrected chi connectivity index (χ4v) is 2.57. The first-order valence-electron chi connectivity index (χ1n) is 7.50. The lowest BCUT2D eigenvalue weighted by Gasteiger charge is -2.16. The zero-order valence-corrected chi connectivity index (χ0v) is 14.1. The lowest BCUT2D eigenvalue weighted by atomic mass is 9.95. The van der Waals surface area contributed by atoms with E-state index >= 15 is 0 Å². The maximum absolute atomic E-state index is 11.0. The number of carbonyl (C=O) groups is 2. The zero-order valence-electron chi connectivity index (χ0n) is 14.1. The summed E-state index contributed by atoms with van der Waals surface area (Å²) in [5, 5.41) is 39.0. The minimum absolute atomic E-state index is 0.0915. The molecule has 2 aromatic carbocycles. The van der Waals surface area contributed by atoms with Gasteiger partial charge in [0.15, 0.2) is 0 Å². The zero-order chi connectivity index (χ0) is 19.4. The molecule has 8 heteroatoms. The number of aromatic hydroxyl groups is 2. The molecular formula is C18H18O8. The summed E-state index contributed by atoms with van der Waals surface area (Å²) in [5.41, 5.74) is 0.384. The highest BCUT2D eigenvalue weighted by atomic mass is 16.5.